The van der Waals surface area contributed by atoms with Gasteiger partial charge in [0.1, 0.15) is 6.10 Å². The molecule has 1 heterocycles. The van der Waals surface area contributed by atoms with Crippen LogP contribution in [-0.4, -0.2) is 27.0 Å². The van der Waals surface area contributed by atoms with Gasteiger partial charge in [0.25, 0.3) is 0 Å². The number of aliphatic hydroxyl groups excluding tert-OH is 1. The van der Waals surface area contributed by atoms with Gasteiger partial charge in [-0.3, -0.25) is 4.68 Å². The number of halogens is 9. The van der Waals surface area contributed by atoms with Crippen molar-refractivity contribution in [3.63, 3.8) is 0 Å². The first-order valence-electron chi connectivity index (χ1n) is 6.21. The molecule has 1 N–H and O–H groups in total. The normalized spacial score (nSPS) is 24.1. The van der Waals surface area contributed by atoms with Crippen molar-refractivity contribution in [3.8, 4) is 0 Å². The maximum absolute atomic E-state index is 13.7. The topological polar surface area (TPSA) is 38.1 Å². The molecule has 0 amide bonds. The zero-order valence-corrected chi connectivity index (χ0v) is 11.0. The van der Waals surface area contributed by atoms with E-state index in [1.165, 1.54) is 0 Å². The van der Waals surface area contributed by atoms with Gasteiger partial charge in [-0.2, -0.15) is 40.2 Å². The molecule has 0 saturated carbocycles. The van der Waals surface area contributed by atoms with Gasteiger partial charge >= 0.3 is 18.3 Å². The summed E-state index contributed by atoms with van der Waals surface area (Å²) in [6.45, 7) is -0.846. The smallest absolute Gasteiger partial charge is 0.382 e. The summed E-state index contributed by atoms with van der Waals surface area (Å²) in [5.74, 6) is -4.51. The van der Waals surface area contributed by atoms with Gasteiger partial charge in [-0.25, -0.2) is 4.39 Å². The fourth-order valence-electron chi connectivity index (χ4n) is 2.35. The van der Waals surface area contributed by atoms with Gasteiger partial charge in [-0.15, -0.1) is 0 Å². The molecule has 1 aliphatic rings. The first-order valence-corrected chi connectivity index (χ1v) is 6.21. The maximum Gasteiger partial charge on any atom is 0.435 e. The van der Waals surface area contributed by atoms with E-state index in [4.69, 9.17) is 0 Å². The molecule has 12 heteroatoms. The third-order valence-electron chi connectivity index (χ3n) is 3.34. The Hall–Kier alpha value is -1.46. The first-order chi connectivity index (χ1) is 10.3. The molecule has 0 aliphatic heterocycles. The van der Waals surface area contributed by atoms with E-state index >= 15 is 0 Å². The molecule has 0 aromatic carbocycles. The molecule has 1 aromatic heterocycles. The number of aryl methyl sites for hydroxylation is 1. The van der Waals surface area contributed by atoms with Crippen LogP contribution in [0.3, 0.4) is 0 Å². The Morgan fingerprint density at radius 2 is 1.70 bits per heavy atom. The van der Waals surface area contributed by atoms with E-state index < -0.39 is 66.9 Å². The van der Waals surface area contributed by atoms with Crippen molar-refractivity contribution in [1.29, 1.82) is 0 Å². The van der Waals surface area contributed by atoms with Crippen LogP contribution in [0.5, 0.6) is 0 Å². The molecule has 2 rings (SSSR count). The van der Waals surface area contributed by atoms with Gasteiger partial charge in [-0.1, -0.05) is 0 Å². The minimum atomic E-state index is -5.26. The average Bonchev–Trinajstić information content (AvgIpc) is 2.80. The number of hydrogen-bond donors (Lipinski definition) is 1. The highest BCUT2D eigenvalue weighted by atomic mass is 19.4. The summed E-state index contributed by atoms with van der Waals surface area (Å²) < 4.78 is 115. The summed E-state index contributed by atoms with van der Waals surface area (Å²) in [7, 11) is 0. The first kappa shape index (κ1) is 17.9. The van der Waals surface area contributed by atoms with Crippen molar-refractivity contribution in [2.24, 2.45) is 0 Å². The quantitative estimate of drug-likeness (QED) is 0.834. The van der Waals surface area contributed by atoms with E-state index in [-0.39, 0.29) is 4.68 Å². The number of fused-ring (bicyclic) bond motifs is 1. The Balaban J connectivity index is 2.41. The number of aromatic nitrogens is 2. The van der Waals surface area contributed by atoms with Gasteiger partial charge in [-0.05, 0) is 6.42 Å². The van der Waals surface area contributed by atoms with Gasteiger partial charge in [0, 0.05) is 18.5 Å². The van der Waals surface area contributed by atoms with Crippen LogP contribution in [0.4, 0.5) is 39.5 Å². The third-order valence-corrected chi connectivity index (χ3v) is 3.34. The van der Waals surface area contributed by atoms with Crippen LogP contribution in [0.2, 0.25) is 0 Å². The van der Waals surface area contributed by atoms with Crippen molar-refractivity contribution in [2.45, 2.75) is 49.9 Å². The summed E-state index contributed by atoms with van der Waals surface area (Å²) in [6, 6.07) is 0. The Bertz CT molecular complexity index is 590. The second-order valence-corrected chi connectivity index (χ2v) is 5.03. The number of alkyl halides is 9. The molecule has 0 fully saturated rings. The van der Waals surface area contributed by atoms with Crippen LogP contribution in [-0.2, 0) is 12.7 Å². The van der Waals surface area contributed by atoms with E-state index in [2.05, 4.69) is 5.10 Å². The lowest BCUT2D eigenvalue weighted by atomic mass is 10.1. The maximum atomic E-state index is 13.7. The molecule has 1 aliphatic carbocycles. The highest BCUT2D eigenvalue weighted by Gasteiger charge is 2.61. The van der Waals surface area contributed by atoms with Crippen LogP contribution in [0.15, 0.2) is 0 Å². The van der Waals surface area contributed by atoms with Crippen LogP contribution >= 0.6 is 0 Å². The highest BCUT2D eigenvalue weighted by molar-refractivity contribution is 5.40. The van der Waals surface area contributed by atoms with Crippen molar-refractivity contribution < 1.29 is 44.6 Å². The fraction of sp³-hybridized carbons (Fsp3) is 0.727. The summed E-state index contributed by atoms with van der Waals surface area (Å²) in [4.78, 5) is 0. The fourth-order valence-corrected chi connectivity index (χ4v) is 2.35. The molecule has 23 heavy (non-hydrogen) atoms. The predicted octanol–water partition coefficient (Wildman–Crippen LogP) is 3.94. The second-order valence-electron chi connectivity index (χ2n) is 5.03. The summed E-state index contributed by atoms with van der Waals surface area (Å²) in [5.41, 5.74) is -4.59. The van der Waals surface area contributed by atoms with E-state index in [0.29, 0.717) is 0 Å². The molecule has 132 valence electrons. The highest BCUT2D eigenvalue weighted by Crippen LogP contribution is 2.55. The van der Waals surface area contributed by atoms with Crippen molar-refractivity contribution in [2.75, 3.05) is 0 Å². The largest absolute Gasteiger partial charge is 0.435 e. The summed E-state index contributed by atoms with van der Waals surface area (Å²) in [5, 5.41) is 12.1. The van der Waals surface area contributed by atoms with E-state index in [0.717, 1.165) is 0 Å². The molecular formula is C11H9F9N2O. The van der Waals surface area contributed by atoms with Gasteiger partial charge in [0.05, 0.1) is 5.69 Å². The minimum Gasteiger partial charge on any atom is -0.382 e. The Labute approximate surface area is 122 Å². The van der Waals surface area contributed by atoms with E-state index in [9.17, 15) is 44.6 Å². The molecule has 0 bridgehead atoms. The molecular weight excluding hydrogens is 347 g/mol. The van der Waals surface area contributed by atoms with E-state index in [1.807, 2.05) is 0 Å². The van der Waals surface area contributed by atoms with Crippen molar-refractivity contribution in [3.05, 3.63) is 17.0 Å². The SMILES string of the molecule is O[C@H]1c2c(C(F)(F)F)nn(CCCC(F)(F)F)c2[C@@H](F)C1(F)F. The lowest BCUT2D eigenvalue weighted by molar-refractivity contribution is -0.157. The van der Waals surface area contributed by atoms with Crippen LogP contribution in [0.1, 0.15) is 42.1 Å². The third kappa shape index (κ3) is 3.12. The molecule has 0 unspecified atom stereocenters. The summed E-state index contributed by atoms with van der Waals surface area (Å²) in [6.07, 6.45) is -18.4. The van der Waals surface area contributed by atoms with Crippen LogP contribution in [0, 0.1) is 0 Å². The van der Waals surface area contributed by atoms with Crippen LogP contribution < -0.4 is 0 Å². The number of rotatable bonds is 3. The monoisotopic (exact) mass is 356 g/mol. The number of hydrogen-bond acceptors (Lipinski definition) is 2. The van der Waals surface area contributed by atoms with E-state index in [1.54, 1.807) is 0 Å². The Morgan fingerprint density at radius 3 is 2.17 bits per heavy atom. The van der Waals surface area contributed by atoms with Crippen molar-refractivity contribution in [1.82, 2.24) is 9.78 Å². The molecule has 1 aromatic rings. The Morgan fingerprint density at radius 1 is 1.13 bits per heavy atom. The van der Waals surface area contributed by atoms with Gasteiger partial charge in [0.15, 0.2) is 5.69 Å². The average molecular weight is 356 g/mol. The minimum absolute atomic E-state index is 0.124. The standard InChI is InChI=1S/C11H9F9N2O/c12-6-5-4(8(23)10(6,16)17)7(11(18,19)20)21-22(5)3-1-2-9(13,14)15/h6,8,23H,1-3H2/t6-,8+/m1/s1. The lowest BCUT2D eigenvalue weighted by Gasteiger charge is -2.18. The van der Waals surface area contributed by atoms with Gasteiger partial charge in [0.2, 0.25) is 6.17 Å². The van der Waals surface area contributed by atoms with Crippen LogP contribution in [0.25, 0.3) is 0 Å². The van der Waals surface area contributed by atoms with Crippen molar-refractivity contribution >= 4 is 0 Å². The molecule has 3 nitrogen and oxygen atoms in total. The Kier molecular flexibility index (Phi) is 4.11. The zero-order chi connectivity index (χ0) is 17.8. The van der Waals surface area contributed by atoms with Gasteiger partial charge < -0.3 is 5.11 Å². The molecule has 0 saturated heterocycles. The molecule has 2 atom stereocenters. The molecule has 0 spiro atoms. The second kappa shape index (κ2) is 5.28. The summed E-state index contributed by atoms with van der Waals surface area (Å²) >= 11 is 0. The number of nitrogens with zero attached hydrogens (tertiary/aromatic N) is 2. The zero-order valence-electron chi connectivity index (χ0n) is 11.0. The molecule has 0 radical (unpaired) electrons. The number of aliphatic hydroxyl groups is 1. The predicted molar refractivity (Wildman–Crippen MR) is 56.3 cm³/mol. The lowest BCUT2D eigenvalue weighted by Crippen LogP contribution is -2.27.